The minimum absolute atomic E-state index is 0.675. The third-order valence-corrected chi connectivity index (χ3v) is 5.05. The van der Waals surface area contributed by atoms with Gasteiger partial charge in [-0.05, 0) is 33.0 Å². The van der Waals surface area contributed by atoms with E-state index in [0.717, 1.165) is 34.8 Å². The Morgan fingerprint density at radius 1 is 0.400 bits per heavy atom. The third kappa shape index (κ3) is 4.34. The normalized spacial score (nSPS) is 11.3. The zero-order chi connectivity index (χ0) is 20.8. The first-order chi connectivity index (χ1) is 14.8. The molecule has 0 N–H and O–H groups in total. The van der Waals surface area contributed by atoms with Gasteiger partial charge < -0.3 is 0 Å². The number of hydrogen-bond acceptors (Lipinski definition) is 2. The summed E-state index contributed by atoms with van der Waals surface area (Å²) in [7, 11) is 0. The molecule has 4 aromatic carbocycles. The summed E-state index contributed by atoms with van der Waals surface area (Å²) in [6.07, 6.45) is 10.0. The minimum atomic E-state index is 0.675. The molecule has 0 saturated carbocycles. The van der Waals surface area contributed by atoms with Gasteiger partial charge in [-0.1, -0.05) is 109 Å². The molecular formula is C28H20O2. The first-order valence-corrected chi connectivity index (χ1v) is 9.75. The highest BCUT2D eigenvalue weighted by atomic mass is 16.1. The summed E-state index contributed by atoms with van der Waals surface area (Å²) in [6, 6.07) is 27.6. The molecule has 30 heavy (non-hydrogen) atoms. The second-order valence-electron chi connectivity index (χ2n) is 7.03. The van der Waals surface area contributed by atoms with Crippen LogP contribution in [0.2, 0.25) is 0 Å². The van der Waals surface area contributed by atoms with Crippen LogP contribution in [0.4, 0.5) is 0 Å². The predicted molar refractivity (Wildman–Crippen MR) is 125 cm³/mol. The molecule has 0 aromatic heterocycles. The van der Waals surface area contributed by atoms with E-state index >= 15 is 0 Å². The molecule has 2 nitrogen and oxygen atoms in total. The summed E-state index contributed by atoms with van der Waals surface area (Å²) in [5.41, 5.74) is 5.72. The van der Waals surface area contributed by atoms with Crippen molar-refractivity contribution in [3.63, 3.8) is 0 Å². The molecule has 0 spiro atoms. The molecule has 0 bridgehead atoms. The first kappa shape index (κ1) is 19.3. The fourth-order valence-electron chi connectivity index (χ4n) is 3.38. The van der Waals surface area contributed by atoms with E-state index in [1.165, 1.54) is 10.8 Å². The van der Waals surface area contributed by atoms with Crippen molar-refractivity contribution in [2.45, 2.75) is 0 Å². The second-order valence-corrected chi connectivity index (χ2v) is 7.03. The number of carbonyl (C=O) groups is 2. The molecule has 4 rings (SSSR count). The Hall–Kier alpha value is -4.04. The SMILES string of the molecule is O=Cc1ccc(/C=C/c2ccc(/C=C/c3ccc(C=O)cc3)c3ccccc23)cc1. The summed E-state index contributed by atoms with van der Waals surface area (Å²) in [5, 5.41) is 2.36. The van der Waals surface area contributed by atoms with Crippen molar-refractivity contribution in [2.75, 3.05) is 0 Å². The van der Waals surface area contributed by atoms with Gasteiger partial charge >= 0.3 is 0 Å². The fourth-order valence-corrected chi connectivity index (χ4v) is 3.38. The molecule has 0 amide bonds. The van der Waals surface area contributed by atoms with Gasteiger partial charge in [-0.15, -0.1) is 0 Å². The monoisotopic (exact) mass is 388 g/mol. The van der Waals surface area contributed by atoms with Crippen LogP contribution in [-0.4, -0.2) is 12.6 Å². The van der Waals surface area contributed by atoms with Crippen molar-refractivity contribution in [1.82, 2.24) is 0 Å². The van der Waals surface area contributed by atoms with Crippen LogP contribution >= 0.6 is 0 Å². The molecule has 0 aliphatic rings. The van der Waals surface area contributed by atoms with E-state index in [4.69, 9.17) is 0 Å². The van der Waals surface area contributed by atoms with Gasteiger partial charge in [-0.2, -0.15) is 0 Å². The van der Waals surface area contributed by atoms with Crippen molar-refractivity contribution >= 4 is 47.6 Å². The van der Waals surface area contributed by atoms with Gasteiger partial charge in [-0.3, -0.25) is 9.59 Å². The molecule has 0 saturated heterocycles. The molecule has 0 aliphatic heterocycles. The van der Waals surface area contributed by atoms with E-state index < -0.39 is 0 Å². The molecule has 0 aliphatic carbocycles. The van der Waals surface area contributed by atoms with Crippen LogP contribution in [0.15, 0.2) is 84.9 Å². The largest absolute Gasteiger partial charge is 0.298 e. The van der Waals surface area contributed by atoms with Gasteiger partial charge in [0.15, 0.2) is 0 Å². The number of benzene rings is 4. The van der Waals surface area contributed by atoms with Gasteiger partial charge in [0.05, 0.1) is 0 Å². The Balaban J connectivity index is 1.65. The van der Waals surface area contributed by atoms with Crippen molar-refractivity contribution in [3.8, 4) is 0 Å². The number of carbonyl (C=O) groups excluding carboxylic acids is 2. The standard InChI is InChI=1S/C28H20O2/c29-19-23-9-5-21(6-10-23)13-15-25-17-18-26(28-4-2-1-3-27(25)28)16-14-22-7-11-24(20-30)12-8-22/h1-20H/b15-13+,16-14+. The third-order valence-electron chi connectivity index (χ3n) is 5.05. The van der Waals surface area contributed by atoms with Gasteiger partial charge in [0.1, 0.15) is 12.6 Å². The maximum absolute atomic E-state index is 10.8. The van der Waals surface area contributed by atoms with Crippen LogP contribution in [0.5, 0.6) is 0 Å². The van der Waals surface area contributed by atoms with Gasteiger partial charge in [0.2, 0.25) is 0 Å². The molecule has 0 radical (unpaired) electrons. The van der Waals surface area contributed by atoms with Gasteiger partial charge in [-0.25, -0.2) is 0 Å². The van der Waals surface area contributed by atoms with Crippen LogP contribution < -0.4 is 0 Å². The van der Waals surface area contributed by atoms with E-state index in [9.17, 15) is 9.59 Å². The molecule has 4 aromatic rings. The minimum Gasteiger partial charge on any atom is -0.298 e. The Bertz CT molecular complexity index is 1140. The van der Waals surface area contributed by atoms with E-state index in [2.05, 4.69) is 48.6 Å². The zero-order valence-corrected chi connectivity index (χ0v) is 16.4. The Kier molecular flexibility index (Phi) is 5.77. The number of hydrogen-bond donors (Lipinski definition) is 0. The summed E-state index contributed by atoms with van der Waals surface area (Å²) >= 11 is 0. The maximum atomic E-state index is 10.8. The summed E-state index contributed by atoms with van der Waals surface area (Å²) in [6.45, 7) is 0. The molecule has 0 atom stereocenters. The first-order valence-electron chi connectivity index (χ1n) is 9.75. The van der Waals surface area contributed by atoms with E-state index in [-0.39, 0.29) is 0 Å². The predicted octanol–water partition coefficient (Wildman–Crippen LogP) is 6.81. The Morgan fingerprint density at radius 3 is 1.13 bits per heavy atom. The molecule has 0 heterocycles. The van der Waals surface area contributed by atoms with E-state index in [0.29, 0.717) is 11.1 Å². The van der Waals surface area contributed by atoms with Crippen molar-refractivity contribution in [2.24, 2.45) is 0 Å². The summed E-state index contributed by atoms with van der Waals surface area (Å²) in [5.74, 6) is 0. The lowest BCUT2D eigenvalue weighted by Crippen LogP contribution is -1.84. The average molecular weight is 388 g/mol. The highest BCUT2D eigenvalue weighted by Crippen LogP contribution is 2.26. The highest BCUT2D eigenvalue weighted by molar-refractivity contribution is 5.99. The summed E-state index contributed by atoms with van der Waals surface area (Å²) < 4.78 is 0. The van der Waals surface area contributed by atoms with Crippen LogP contribution in [0.3, 0.4) is 0 Å². The van der Waals surface area contributed by atoms with Crippen molar-refractivity contribution in [3.05, 3.63) is 118 Å². The topological polar surface area (TPSA) is 34.1 Å². The van der Waals surface area contributed by atoms with Crippen molar-refractivity contribution < 1.29 is 9.59 Å². The lowest BCUT2D eigenvalue weighted by molar-refractivity contribution is 0.111. The zero-order valence-electron chi connectivity index (χ0n) is 16.4. The van der Waals surface area contributed by atoms with E-state index in [1.54, 1.807) is 0 Å². The Labute approximate surface area is 175 Å². The lowest BCUT2D eigenvalue weighted by atomic mass is 9.98. The van der Waals surface area contributed by atoms with Crippen LogP contribution in [0, 0.1) is 0 Å². The number of rotatable bonds is 6. The van der Waals surface area contributed by atoms with Crippen LogP contribution in [0.1, 0.15) is 43.0 Å². The quantitative estimate of drug-likeness (QED) is 0.269. The molecule has 0 unspecified atom stereocenters. The van der Waals surface area contributed by atoms with E-state index in [1.807, 2.05) is 60.7 Å². The van der Waals surface area contributed by atoms with Crippen LogP contribution in [0.25, 0.3) is 35.1 Å². The molecule has 0 fully saturated rings. The summed E-state index contributed by atoms with van der Waals surface area (Å²) in [4.78, 5) is 21.6. The highest BCUT2D eigenvalue weighted by Gasteiger charge is 2.02. The van der Waals surface area contributed by atoms with Gasteiger partial charge in [0.25, 0.3) is 0 Å². The number of aldehydes is 2. The van der Waals surface area contributed by atoms with Crippen molar-refractivity contribution in [1.29, 1.82) is 0 Å². The smallest absolute Gasteiger partial charge is 0.150 e. The fraction of sp³-hybridized carbons (Fsp3) is 0. The van der Waals surface area contributed by atoms with Gasteiger partial charge in [0, 0.05) is 11.1 Å². The van der Waals surface area contributed by atoms with Crippen LogP contribution in [-0.2, 0) is 0 Å². The number of fused-ring (bicyclic) bond motifs is 1. The second kappa shape index (κ2) is 8.97. The molecular weight excluding hydrogens is 368 g/mol. The Morgan fingerprint density at radius 2 is 0.767 bits per heavy atom. The average Bonchev–Trinajstić information content (AvgIpc) is 2.82. The molecule has 2 heteroatoms. The maximum Gasteiger partial charge on any atom is 0.150 e. The molecule has 144 valence electrons. The lowest BCUT2D eigenvalue weighted by Gasteiger charge is -2.07.